The van der Waals surface area contributed by atoms with E-state index in [-0.39, 0.29) is 0 Å². The first-order valence-corrected chi connectivity index (χ1v) is 5.41. The number of hydrogen-bond donors (Lipinski definition) is 2. The molecule has 0 aliphatic rings. The number of carbonyl (C=O) groups excluding carboxylic acids is 1. The van der Waals surface area contributed by atoms with Gasteiger partial charge in [-0.05, 0) is 6.07 Å². The van der Waals surface area contributed by atoms with Gasteiger partial charge < -0.3 is 19.9 Å². The van der Waals surface area contributed by atoms with Gasteiger partial charge in [0.1, 0.15) is 6.61 Å². The average Bonchev–Trinajstić information content (AvgIpc) is 2.39. The Balaban J connectivity index is 2.47. The lowest BCUT2D eigenvalue weighted by Crippen LogP contribution is -2.09. The number of amides is 1. The van der Waals surface area contributed by atoms with Gasteiger partial charge in [0.25, 0.3) is 0 Å². The summed E-state index contributed by atoms with van der Waals surface area (Å²) in [6.45, 7) is 0.844. The third-order valence-corrected chi connectivity index (χ3v) is 1.92. The molecule has 0 saturated heterocycles. The van der Waals surface area contributed by atoms with Crippen LogP contribution in [0.3, 0.4) is 0 Å². The van der Waals surface area contributed by atoms with E-state index in [0.29, 0.717) is 24.8 Å². The van der Waals surface area contributed by atoms with Crippen molar-refractivity contribution in [1.29, 1.82) is 0 Å². The van der Waals surface area contributed by atoms with Gasteiger partial charge >= 0.3 is 5.97 Å². The predicted octanol–water partition coefficient (Wildman–Crippen LogP) is 0.686. The van der Waals surface area contributed by atoms with Crippen LogP contribution in [0, 0.1) is 0 Å². The van der Waals surface area contributed by atoms with Crippen LogP contribution in [0.5, 0.6) is 5.88 Å². The highest BCUT2D eigenvalue weighted by Gasteiger charge is 2.00. The van der Waals surface area contributed by atoms with Gasteiger partial charge in [0.15, 0.2) is 0 Å². The summed E-state index contributed by atoms with van der Waals surface area (Å²) >= 11 is 0. The Kier molecular flexibility index (Phi) is 6.04. The number of ether oxygens (including phenoxy) is 2. The molecule has 0 unspecified atom stereocenters. The van der Waals surface area contributed by atoms with Gasteiger partial charge in [0, 0.05) is 25.3 Å². The van der Waals surface area contributed by atoms with Crippen molar-refractivity contribution >= 4 is 17.6 Å². The summed E-state index contributed by atoms with van der Waals surface area (Å²) in [6.07, 6.45) is 3.09. The van der Waals surface area contributed by atoms with E-state index in [1.165, 1.54) is 6.20 Å². The number of anilines is 1. The summed E-state index contributed by atoms with van der Waals surface area (Å²) in [7, 11) is 1.57. The third-order valence-electron chi connectivity index (χ3n) is 1.92. The number of aliphatic carboxylic acids is 1. The van der Waals surface area contributed by atoms with Crippen LogP contribution < -0.4 is 10.1 Å². The van der Waals surface area contributed by atoms with E-state index in [2.05, 4.69) is 10.3 Å². The van der Waals surface area contributed by atoms with Crippen LogP contribution in [0.4, 0.5) is 5.69 Å². The van der Waals surface area contributed by atoms with Crippen molar-refractivity contribution in [2.45, 2.75) is 0 Å². The molecule has 7 nitrogen and oxygen atoms in total. The van der Waals surface area contributed by atoms with Crippen molar-refractivity contribution < 1.29 is 24.2 Å². The largest absolute Gasteiger partial charge is 0.478 e. The van der Waals surface area contributed by atoms with Crippen molar-refractivity contribution in [2.75, 3.05) is 25.6 Å². The second kappa shape index (κ2) is 7.83. The number of rotatable bonds is 7. The first-order valence-electron chi connectivity index (χ1n) is 5.41. The van der Waals surface area contributed by atoms with Crippen molar-refractivity contribution in [3.63, 3.8) is 0 Å². The monoisotopic (exact) mass is 266 g/mol. The SMILES string of the molecule is COCCOc1ccc(NC(=O)/C=C/C(=O)O)cn1. The lowest BCUT2D eigenvalue weighted by Gasteiger charge is -2.05. The molecule has 0 aliphatic heterocycles. The smallest absolute Gasteiger partial charge is 0.328 e. The van der Waals surface area contributed by atoms with Crippen LogP contribution in [0.2, 0.25) is 0 Å². The highest BCUT2D eigenvalue weighted by Crippen LogP contribution is 2.11. The number of pyridine rings is 1. The van der Waals surface area contributed by atoms with Crippen LogP contribution in [-0.2, 0) is 14.3 Å². The molecule has 1 aromatic rings. The maximum absolute atomic E-state index is 11.3. The van der Waals surface area contributed by atoms with E-state index >= 15 is 0 Å². The maximum atomic E-state index is 11.3. The highest BCUT2D eigenvalue weighted by atomic mass is 16.5. The van der Waals surface area contributed by atoms with Crippen LogP contribution in [0.25, 0.3) is 0 Å². The fraction of sp³-hybridized carbons (Fsp3) is 0.250. The number of carbonyl (C=O) groups is 2. The number of hydrogen-bond acceptors (Lipinski definition) is 5. The number of nitrogens with one attached hydrogen (secondary N) is 1. The molecule has 1 amide bonds. The lowest BCUT2D eigenvalue weighted by atomic mass is 10.4. The summed E-state index contributed by atoms with van der Waals surface area (Å²) in [5, 5.41) is 10.8. The molecular weight excluding hydrogens is 252 g/mol. The number of carboxylic acids is 1. The third kappa shape index (κ3) is 6.18. The van der Waals surface area contributed by atoms with Gasteiger partial charge in [-0.25, -0.2) is 9.78 Å². The minimum atomic E-state index is -1.19. The van der Waals surface area contributed by atoms with Gasteiger partial charge in [-0.1, -0.05) is 0 Å². The molecule has 0 spiro atoms. The molecule has 0 fully saturated rings. The number of methoxy groups -OCH3 is 1. The zero-order valence-electron chi connectivity index (χ0n) is 10.3. The van der Waals surface area contributed by atoms with Gasteiger partial charge in [0.05, 0.1) is 18.5 Å². The van der Waals surface area contributed by atoms with E-state index < -0.39 is 11.9 Å². The molecular formula is C12H14N2O5. The number of carboxylic acid groups (broad SMARTS) is 1. The number of nitrogens with zero attached hydrogens (tertiary/aromatic N) is 1. The van der Waals surface area contributed by atoms with Crippen LogP contribution in [-0.4, -0.2) is 42.3 Å². The molecule has 0 atom stereocenters. The van der Waals surface area contributed by atoms with Crippen LogP contribution in [0.1, 0.15) is 0 Å². The van der Waals surface area contributed by atoms with Gasteiger partial charge in [-0.15, -0.1) is 0 Å². The van der Waals surface area contributed by atoms with E-state index in [0.717, 1.165) is 12.2 Å². The molecule has 1 aromatic heterocycles. The first-order chi connectivity index (χ1) is 9.11. The van der Waals surface area contributed by atoms with Gasteiger partial charge in [-0.2, -0.15) is 0 Å². The van der Waals surface area contributed by atoms with Gasteiger partial charge in [-0.3, -0.25) is 4.79 Å². The molecule has 1 rings (SSSR count). The van der Waals surface area contributed by atoms with Crippen molar-refractivity contribution in [3.05, 3.63) is 30.5 Å². The Labute approximate surface area is 109 Å². The second-order valence-electron chi connectivity index (χ2n) is 3.39. The highest BCUT2D eigenvalue weighted by molar-refractivity contribution is 6.02. The Morgan fingerprint density at radius 1 is 1.37 bits per heavy atom. The topological polar surface area (TPSA) is 97.8 Å². The Bertz CT molecular complexity index is 456. The second-order valence-corrected chi connectivity index (χ2v) is 3.39. The average molecular weight is 266 g/mol. The minimum absolute atomic E-state index is 0.385. The molecule has 0 saturated carbocycles. The quantitative estimate of drug-likeness (QED) is 0.556. The molecule has 19 heavy (non-hydrogen) atoms. The van der Waals surface area contributed by atoms with Gasteiger partial charge in [0.2, 0.25) is 11.8 Å². The molecule has 0 aliphatic carbocycles. The predicted molar refractivity (Wildman–Crippen MR) is 67.0 cm³/mol. The lowest BCUT2D eigenvalue weighted by molar-refractivity contribution is -0.131. The molecule has 0 radical (unpaired) electrons. The maximum Gasteiger partial charge on any atom is 0.328 e. The Hall–Kier alpha value is -2.41. The zero-order valence-corrected chi connectivity index (χ0v) is 10.3. The fourth-order valence-corrected chi connectivity index (χ4v) is 1.10. The van der Waals surface area contributed by atoms with Crippen molar-refractivity contribution in [1.82, 2.24) is 4.98 Å². The standard InChI is InChI=1S/C12H14N2O5/c1-18-6-7-19-11-4-2-9(8-13-11)14-10(15)3-5-12(16)17/h2-5,8H,6-7H2,1H3,(H,14,15)(H,16,17)/b5-3+. The Morgan fingerprint density at radius 2 is 2.16 bits per heavy atom. The zero-order chi connectivity index (χ0) is 14.1. The van der Waals surface area contributed by atoms with E-state index in [1.807, 2.05) is 0 Å². The summed E-state index contributed by atoms with van der Waals surface area (Å²) in [4.78, 5) is 25.5. The van der Waals surface area contributed by atoms with Crippen molar-refractivity contribution in [3.8, 4) is 5.88 Å². The Morgan fingerprint density at radius 3 is 2.74 bits per heavy atom. The number of aromatic nitrogens is 1. The van der Waals surface area contributed by atoms with E-state index in [4.69, 9.17) is 14.6 Å². The summed E-state index contributed by atoms with van der Waals surface area (Å²) in [5.74, 6) is -1.32. The summed E-state index contributed by atoms with van der Waals surface area (Å²) in [5.41, 5.74) is 0.444. The molecule has 2 N–H and O–H groups in total. The fourth-order valence-electron chi connectivity index (χ4n) is 1.10. The van der Waals surface area contributed by atoms with E-state index in [9.17, 15) is 9.59 Å². The van der Waals surface area contributed by atoms with Crippen molar-refractivity contribution in [2.24, 2.45) is 0 Å². The molecule has 0 bridgehead atoms. The summed E-state index contributed by atoms with van der Waals surface area (Å²) < 4.78 is 10.1. The summed E-state index contributed by atoms with van der Waals surface area (Å²) in [6, 6.07) is 3.19. The molecule has 1 heterocycles. The van der Waals surface area contributed by atoms with Crippen LogP contribution in [0.15, 0.2) is 30.5 Å². The molecule has 7 heteroatoms. The van der Waals surface area contributed by atoms with Crippen LogP contribution >= 0.6 is 0 Å². The molecule has 0 aromatic carbocycles. The van der Waals surface area contributed by atoms with E-state index in [1.54, 1.807) is 19.2 Å². The minimum Gasteiger partial charge on any atom is -0.478 e. The first kappa shape index (κ1) is 14.7. The normalized spacial score (nSPS) is 10.4. The molecule has 102 valence electrons.